The van der Waals surface area contributed by atoms with Crippen LogP contribution in [0.1, 0.15) is 31.2 Å². The fourth-order valence-electron chi connectivity index (χ4n) is 3.13. The van der Waals surface area contributed by atoms with Gasteiger partial charge in [0.1, 0.15) is 6.04 Å². The minimum atomic E-state index is -4.67. The number of hydrogen-bond donors (Lipinski definition) is 1. The van der Waals surface area contributed by atoms with Crippen LogP contribution in [0.25, 0.3) is 11.3 Å². The SMILES string of the molecule is CCn1ncc(-c2cc(C(F)(F)F)nc(N3CCC[C@H]3C(=O)O)n2)c1C. The average Bonchev–Trinajstić information content (AvgIpc) is 3.20. The van der Waals surface area contributed by atoms with E-state index >= 15 is 0 Å². The van der Waals surface area contributed by atoms with Gasteiger partial charge in [-0.3, -0.25) is 4.68 Å². The predicted molar refractivity (Wildman–Crippen MR) is 86.7 cm³/mol. The molecule has 0 bridgehead atoms. The van der Waals surface area contributed by atoms with Crippen LogP contribution in [-0.2, 0) is 17.5 Å². The van der Waals surface area contributed by atoms with Crippen LogP contribution in [0.5, 0.6) is 0 Å². The molecule has 0 amide bonds. The number of aryl methyl sites for hydroxylation is 1. The first-order valence-electron chi connectivity index (χ1n) is 8.21. The number of hydrogen-bond acceptors (Lipinski definition) is 5. The predicted octanol–water partition coefficient (Wildman–Crippen LogP) is 2.74. The van der Waals surface area contributed by atoms with E-state index in [1.807, 2.05) is 6.92 Å². The maximum Gasteiger partial charge on any atom is 0.433 e. The Morgan fingerprint density at radius 1 is 1.38 bits per heavy atom. The summed E-state index contributed by atoms with van der Waals surface area (Å²) in [6.07, 6.45) is -2.31. The lowest BCUT2D eigenvalue weighted by molar-refractivity contribution is -0.141. The van der Waals surface area contributed by atoms with E-state index < -0.39 is 23.9 Å². The van der Waals surface area contributed by atoms with Crippen molar-refractivity contribution in [2.24, 2.45) is 0 Å². The van der Waals surface area contributed by atoms with Crippen molar-refractivity contribution < 1.29 is 23.1 Å². The van der Waals surface area contributed by atoms with E-state index in [4.69, 9.17) is 0 Å². The first-order valence-corrected chi connectivity index (χ1v) is 8.21. The van der Waals surface area contributed by atoms with Crippen LogP contribution < -0.4 is 4.90 Å². The van der Waals surface area contributed by atoms with E-state index in [0.29, 0.717) is 37.2 Å². The molecule has 1 fully saturated rings. The third-order valence-electron chi connectivity index (χ3n) is 4.48. The van der Waals surface area contributed by atoms with E-state index in [2.05, 4.69) is 15.1 Å². The Kier molecular flexibility index (Phi) is 4.59. The zero-order valence-electron chi connectivity index (χ0n) is 14.3. The largest absolute Gasteiger partial charge is 0.480 e. The fraction of sp³-hybridized carbons (Fsp3) is 0.500. The molecule has 2 aromatic rings. The zero-order valence-corrected chi connectivity index (χ0v) is 14.3. The summed E-state index contributed by atoms with van der Waals surface area (Å²) in [4.78, 5) is 20.5. The molecule has 1 atom stereocenters. The van der Waals surface area contributed by atoms with Crippen molar-refractivity contribution in [2.75, 3.05) is 11.4 Å². The van der Waals surface area contributed by atoms with Gasteiger partial charge in [-0.1, -0.05) is 0 Å². The highest BCUT2D eigenvalue weighted by molar-refractivity contribution is 5.78. The molecule has 1 N–H and O–H groups in total. The minimum absolute atomic E-state index is 0.0792. The molecule has 0 aromatic carbocycles. The average molecular weight is 369 g/mol. The van der Waals surface area contributed by atoms with Crippen LogP contribution in [0.15, 0.2) is 12.3 Å². The van der Waals surface area contributed by atoms with E-state index in [9.17, 15) is 23.1 Å². The maximum atomic E-state index is 13.3. The molecule has 140 valence electrons. The molecule has 0 radical (unpaired) electrons. The van der Waals surface area contributed by atoms with E-state index in [-0.39, 0.29) is 11.6 Å². The number of aliphatic carboxylic acids is 1. The Labute approximate surface area is 147 Å². The van der Waals surface area contributed by atoms with Crippen LogP contribution in [-0.4, -0.2) is 43.4 Å². The number of anilines is 1. The Bertz CT molecular complexity index is 834. The lowest BCUT2D eigenvalue weighted by Crippen LogP contribution is -2.37. The molecule has 0 aliphatic carbocycles. The van der Waals surface area contributed by atoms with Gasteiger partial charge in [0.05, 0.1) is 11.9 Å². The second-order valence-electron chi connectivity index (χ2n) is 6.09. The number of carboxylic acid groups (broad SMARTS) is 1. The summed E-state index contributed by atoms with van der Waals surface area (Å²) in [5.41, 5.74) is 0.126. The molecule has 0 unspecified atom stereocenters. The van der Waals surface area contributed by atoms with Gasteiger partial charge in [0.25, 0.3) is 0 Å². The molecular weight excluding hydrogens is 351 g/mol. The van der Waals surface area contributed by atoms with E-state index in [1.165, 1.54) is 11.1 Å². The highest BCUT2D eigenvalue weighted by atomic mass is 19.4. The molecule has 26 heavy (non-hydrogen) atoms. The van der Waals surface area contributed by atoms with Gasteiger partial charge in [0.2, 0.25) is 5.95 Å². The number of rotatable bonds is 4. The van der Waals surface area contributed by atoms with Crippen LogP contribution >= 0.6 is 0 Å². The van der Waals surface area contributed by atoms with Crippen molar-refractivity contribution in [1.29, 1.82) is 0 Å². The number of nitrogens with zero attached hydrogens (tertiary/aromatic N) is 5. The summed E-state index contributed by atoms with van der Waals surface area (Å²) < 4.78 is 41.6. The number of halogens is 3. The maximum absolute atomic E-state index is 13.3. The number of carboxylic acids is 1. The van der Waals surface area contributed by atoms with Crippen molar-refractivity contribution in [3.05, 3.63) is 23.7 Å². The second-order valence-corrected chi connectivity index (χ2v) is 6.09. The van der Waals surface area contributed by atoms with Crippen molar-refractivity contribution in [3.63, 3.8) is 0 Å². The molecule has 3 heterocycles. The van der Waals surface area contributed by atoms with E-state index in [1.54, 1.807) is 11.6 Å². The number of alkyl halides is 3. The lowest BCUT2D eigenvalue weighted by atomic mass is 10.1. The summed E-state index contributed by atoms with van der Waals surface area (Å²) in [6, 6.07) is -0.0508. The Hall–Kier alpha value is -2.65. The molecular formula is C16H18F3N5O2. The van der Waals surface area contributed by atoms with Crippen molar-refractivity contribution in [3.8, 4) is 11.3 Å². The van der Waals surface area contributed by atoms with Crippen LogP contribution in [0.2, 0.25) is 0 Å². The van der Waals surface area contributed by atoms with Gasteiger partial charge in [0, 0.05) is 24.3 Å². The molecule has 3 rings (SSSR count). The van der Waals surface area contributed by atoms with Crippen LogP contribution in [0, 0.1) is 6.92 Å². The van der Waals surface area contributed by atoms with Gasteiger partial charge in [-0.2, -0.15) is 18.3 Å². The molecule has 1 aliphatic heterocycles. The third kappa shape index (κ3) is 3.23. The summed E-state index contributed by atoms with van der Waals surface area (Å²) in [7, 11) is 0. The topological polar surface area (TPSA) is 84.1 Å². The minimum Gasteiger partial charge on any atom is -0.480 e. The molecule has 0 spiro atoms. The van der Waals surface area contributed by atoms with Gasteiger partial charge >= 0.3 is 12.1 Å². The van der Waals surface area contributed by atoms with Gasteiger partial charge < -0.3 is 10.0 Å². The standard InChI is InChI=1S/C16H18F3N5O2/c1-3-24-9(2)10(8-20-24)11-7-13(16(17,18)19)22-15(21-11)23-6-4-5-12(23)14(25)26/h7-8,12H,3-6H2,1-2H3,(H,25,26)/t12-/m0/s1. The molecule has 0 saturated carbocycles. The first-order chi connectivity index (χ1) is 12.2. The van der Waals surface area contributed by atoms with Crippen molar-refractivity contribution in [2.45, 2.75) is 45.5 Å². The van der Waals surface area contributed by atoms with Crippen LogP contribution in [0.4, 0.5) is 19.1 Å². The van der Waals surface area contributed by atoms with E-state index in [0.717, 1.165) is 6.07 Å². The zero-order chi connectivity index (χ0) is 19.1. The summed E-state index contributed by atoms with van der Waals surface area (Å²) in [5, 5.41) is 13.4. The first kappa shape index (κ1) is 18.2. The molecule has 2 aromatic heterocycles. The molecule has 7 nitrogen and oxygen atoms in total. The van der Waals surface area contributed by atoms with Crippen molar-refractivity contribution >= 4 is 11.9 Å². The number of carbonyl (C=O) groups is 1. The lowest BCUT2D eigenvalue weighted by Gasteiger charge is -2.22. The smallest absolute Gasteiger partial charge is 0.433 e. The highest BCUT2D eigenvalue weighted by Crippen LogP contribution is 2.34. The Morgan fingerprint density at radius 3 is 2.69 bits per heavy atom. The monoisotopic (exact) mass is 369 g/mol. The second kappa shape index (κ2) is 6.58. The summed E-state index contributed by atoms with van der Waals surface area (Å²) >= 11 is 0. The quantitative estimate of drug-likeness (QED) is 0.892. The third-order valence-corrected chi connectivity index (χ3v) is 4.48. The summed E-state index contributed by atoms with van der Waals surface area (Å²) in [6.45, 7) is 4.49. The van der Waals surface area contributed by atoms with Gasteiger partial charge in [-0.25, -0.2) is 14.8 Å². The normalized spacial score (nSPS) is 17.7. The fourth-order valence-corrected chi connectivity index (χ4v) is 3.13. The van der Waals surface area contributed by atoms with Gasteiger partial charge in [0.15, 0.2) is 5.69 Å². The molecule has 1 saturated heterocycles. The Balaban J connectivity index is 2.13. The highest BCUT2D eigenvalue weighted by Gasteiger charge is 2.37. The molecule has 10 heteroatoms. The molecule has 1 aliphatic rings. The van der Waals surface area contributed by atoms with Crippen LogP contribution in [0.3, 0.4) is 0 Å². The Morgan fingerprint density at radius 2 is 2.12 bits per heavy atom. The summed E-state index contributed by atoms with van der Waals surface area (Å²) in [5.74, 6) is -1.32. The number of aromatic nitrogens is 4. The van der Waals surface area contributed by atoms with Crippen molar-refractivity contribution in [1.82, 2.24) is 19.7 Å². The van der Waals surface area contributed by atoms with Gasteiger partial charge in [-0.05, 0) is 32.8 Å². The van der Waals surface area contributed by atoms with Gasteiger partial charge in [-0.15, -0.1) is 0 Å².